The molecule has 16 heavy (non-hydrogen) atoms. The number of aromatic nitrogens is 1. The first kappa shape index (κ1) is 10.7. The molecule has 0 spiro atoms. The van der Waals surface area contributed by atoms with Crippen molar-refractivity contribution in [2.24, 2.45) is 5.41 Å². The van der Waals surface area contributed by atoms with Crippen LogP contribution in [0, 0.1) is 19.3 Å². The van der Waals surface area contributed by atoms with E-state index in [1.165, 1.54) is 54.2 Å². The van der Waals surface area contributed by atoms with Gasteiger partial charge in [0, 0.05) is 23.9 Å². The van der Waals surface area contributed by atoms with E-state index in [2.05, 4.69) is 24.1 Å². The van der Waals surface area contributed by atoms with E-state index in [1.54, 1.807) is 0 Å². The third kappa shape index (κ3) is 2.30. The maximum absolute atomic E-state index is 4.67. The molecular weight excluding hydrogens is 216 g/mol. The minimum absolute atomic E-state index is 0.569. The highest BCUT2D eigenvalue weighted by molar-refractivity contribution is 7.11. The molecule has 1 heterocycles. The van der Waals surface area contributed by atoms with Crippen molar-refractivity contribution in [2.75, 3.05) is 6.54 Å². The molecule has 2 fully saturated rings. The Labute approximate surface area is 101 Å². The Morgan fingerprint density at radius 2 is 2.12 bits per heavy atom. The molecule has 0 radical (unpaired) electrons. The van der Waals surface area contributed by atoms with Gasteiger partial charge in [0.2, 0.25) is 0 Å². The lowest BCUT2D eigenvalue weighted by Crippen LogP contribution is -2.27. The summed E-state index contributed by atoms with van der Waals surface area (Å²) in [5.74, 6) is 0. The summed E-state index contributed by atoms with van der Waals surface area (Å²) in [7, 11) is 0. The Bertz CT molecular complexity index is 369. The maximum atomic E-state index is 4.67. The average molecular weight is 236 g/mol. The highest BCUT2D eigenvalue weighted by Crippen LogP contribution is 2.48. The number of hydrogen-bond donors (Lipinski definition) is 1. The van der Waals surface area contributed by atoms with Crippen LogP contribution < -0.4 is 5.32 Å². The van der Waals surface area contributed by atoms with Crippen molar-refractivity contribution in [1.29, 1.82) is 0 Å². The summed E-state index contributed by atoms with van der Waals surface area (Å²) in [6, 6.07) is 0.845. The topological polar surface area (TPSA) is 24.9 Å². The van der Waals surface area contributed by atoms with Gasteiger partial charge in [0.25, 0.3) is 0 Å². The van der Waals surface area contributed by atoms with Crippen LogP contribution in [0.3, 0.4) is 0 Å². The first-order chi connectivity index (χ1) is 7.67. The lowest BCUT2D eigenvalue weighted by molar-refractivity contribution is 0.452. The number of thiazole rings is 1. The van der Waals surface area contributed by atoms with Gasteiger partial charge in [-0.1, -0.05) is 0 Å². The fourth-order valence-corrected chi connectivity index (χ4v) is 3.28. The highest BCUT2D eigenvalue weighted by atomic mass is 32.1. The number of nitrogens with one attached hydrogen (secondary N) is 1. The Kier molecular flexibility index (Phi) is 2.55. The molecule has 0 unspecified atom stereocenters. The van der Waals surface area contributed by atoms with E-state index in [-0.39, 0.29) is 0 Å². The molecule has 0 saturated heterocycles. The first-order valence-corrected chi connectivity index (χ1v) is 7.15. The molecule has 2 aliphatic rings. The Hall–Kier alpha value is -0.410. The second-order valence-corrected chi connectivity index (χ2v) is 6.87. The molecule has 2 nitrogen and oxygen atoms in total. The first-order valence-electron chi connectivity index (χ1n) is 6.33. The minimum Gasteiger partial charge on any atom is -0.313 e. The van der Waals surface area contributed by atoms with Gasteiger partial charge < -0.3 is 5.32 Å². The lowest BCUT2D eigenvalue weighted by atomic mass is 10.0. The summed E-state index contributed by atoms with van der Waals surface area (Å²) in [6.07, 6.45) is 6.78. The maximum Gasteiger partial charge on any atom is 0.0936 e. The zero-order valence-corrected chi connectivity index (χ0v) is 11.0. The monoisotopic (exact) mass is 236 g/mol. The summed E-state index contributed by atoms with van der Waals surface area (Å²) >= 11 is 1.89. The van der Waals surface area contributed by atoms with Crippen LogP contribution >= 0.6 is 11.3 Å². The summed E-state index contributed by atoms with van der Waals surface area (Å²) in [4.78, 5) is 6.06. The molecule has 0 aromatic carbocycles. The molecular formula is C13H20N2S. The molecule has 0 bridgehead atoms. The number of nitrogens with zero attached hydrogens (tertiary/aromatic N) is 1. The fraction of sp³-hybridized carbons (Fsp3) is 0.769. The molecule has 0 aliphatic heterocycles. The summed E-state index contributed by atoms with van der Waals surface area (Å²) in [5, 5.41) is 5.03. The van der Waals surface area contributed by atoms with Gasteiger partial charge in [0.1, 0.15) is 0 Å². The van der Waals surface area contributed by atoms with Crippen molar-refractivity contribution in [3.05, 3.63) is 15.6 Å². The van der Waals surface area contributed by atoms with Gasteiger partial charge in [-0.05, 0) is 44.9 Å². The molecule has 0 amide bonds. The summed E-state index contributed by atoms with van der Waals surface area (Å²) in [5.41, 5.74) is 1.80. The second kappa shape index (κ2) is 3.81. The van der Waals surface area contributed by atoms with Crippen molar-refractivity contribution >= 4 is 11.3 Å². The van der Waals surface area contributed by atoms with E-state index in [0.717, 1.165) is 6.04 Å². The van der Waals surface area contributed by atoms with Crippen LogP contribution in [0.25, 0.3) is 0 Å². The van der Waals surface area contributed by atoms with Crippen molar-refractivity contribution in [1.82, 2.24) is 10.3 Å². The molecule has 0 atom stereocenters. The minimum atomic E-state index is 0.569. The van der Waals surface area contributed by atoms with Crippen LogP contribution in [0.1, 0.15) is 41.3 Å². The number of rotatable bonds is 5. The quantitative estimate of drug-likeness (QED) is 0.850. The third-order valence-electron chi connectivity index (χ3n) is 3.90. The fourth-order valence-electron chi connectivity index (χ4n) is 2.18. The zero-order valence-electron chi connectivity index (χ0n) is 10.2. The van der Waals surface area contributed by atoms with E-state index in [9.17, 15) is 0 Å². The smallest absolute Gasteiger partial charge is 0.0936 e. The standard InChI is InChI=1S/C13H20N2S/c1-9-10(2)16-12(15-9)7-13(5-6-13)8-14-11-3-4-11/h11,14H,3-8H2,1-2H3. The van der Waals surface area contributed by atoms with Gasteiger partial charge in [0.05, 0.1) is 10.7 Å². The van der Waals surface area contributed by atoms with Crippen LogP contribution in [0.15, 0.2) is 0 Å². The summed E-state index contributed by atoms with van der Waals surface area (Å²) < 4.78 is 0. The van der Waals surface area contributed by atoms with Crippen molar-refractivity contribution in [2.45, 2.75) is 52.0 Å². The molecule has 88 valence electrons. The third-order valence-corrected chi connectivity index (χ3v) is 4.97. The second-order valence-electron chi connectivity index (χ2n) is 5.58. The number of hydrogen-bond acceptors (Lipinski definition) is 3. The molecule has 3 rings (SSSR count). The highest BCUT2D eigenvalue weighted by Gasteiger charge is 2.43. The Balaban J connectivity index is 1.60. The van der Waals surface area contributed by atoms with Gasteiger partial charge in [-0.2, -0.15) is 0 Å². The number of aryl methyl sites for hydroxylation is 2. The van der Waals surface area contributed by atoms with Gasteiger partial charge in [-0.3, -0.25) is 0 Å². The van der Waals surface area contributed by atoms with E-state index < -0.39 is 0 Å². The van der Waals surface area contributed by atoms with Crippen molar-refractivity contribution in [3.63, 3.8) is 0 Å². The molecule has 2 saturated carbocycles. The molecule has 1 N–H and O–H groups in total. The molecule has 1 aromatic heterocycles. The van der Waals surface area contributed by atoms with Gasteiger partial charge in [-0.15, -0.1) is 11.3 Å². The molecule has 1 aromatic rings. The lowest BCUT2D eigenvalue weighted by Gasteiger charge is -2.13. The predicted molar refractivity (Wildman–Crippen MR) is 68.0 cm³/mol. The molecule has 3 heteroatoms. The van der Waals surface area contributed by atoms with Crippen LogP contribution in [-0.4, -0.2) is 17.6 Å². The Morgan fingerprint density at radius 1 is 1.38 bits per heavy atom. The van der Waals surface area contributed by atoms with E-state index in [1.807, 2.05) is 11.3 Å². The van der Waals surface area contributed by atoms with Gasteiger partial charge >= 0.3 is 0 Å². The molecule has 2 aliphatic carbocycles. The predicted octanol–water partition coefficient (Wildman–Crippen LogP) is 2.83. The Morgan fingerprint density at radius 3 is 2.62 bits per heavy atom. The normalized spacial score (nSPS) is 22.4. The van der Waals surface area contributed by atoms with Crippen LogP contribution in [0.5, 0.6) is 0 Å². The van der Waals surface area contributed by atoms with Crippen LogP contribution in [0.4, 0.5) is 0 Å². The van der Waals surface area contributed by atoms with Gasteiger partial charge in [0.15, 0.2) is 0 Å². The SMILES string of the molecule is Cc1nc(CC2(CNC3CC3)CC2)sc1C. The van der Waals surface area contributed by atoms with Crippen LogP contribution in [0.2, 0.25) is 0 Å². The van der Waals surface area contributed by atoms with E-state index in [0.29, 0.717) is 5.41 Å². The van der Waals surface area contributed by atoms with E-state index in [4.69, 9.17) is 0 Å². The van der Waals surface area contributed by atoms with Crippen molar-refractivity contribution in [3.8, 4) is 0 Å². The summed E-state index contributed by atoms with van der Waals surface area (Å²) in [6.45, 7) is 5.52. The van der Waals surface area contributed by atoms with Crippen LogP contribution in [-0.2, 0) is 6.42 Å². The average Bonchev–Trinajstić information content (AvgIpc) is 3.10. The largest absolute Gasteiger partial charge is 0.313 e. The zero-order chi connectivity index (χ0) is 11.2. The van der Waals surface area contributed by atoms with Gasteiger partial charge in [-0.25, -0.2) is 4.98 Å². The van der Waals surface area contributed by atoms with E-state index >= 15 is 0 Å². The van der Waals surface area contributed by atoms with Crippen molar-refractivity contribution < 1.29 is 0 Å².